The van der Waals surface area contributed by atoms with Crippen molar-refractivity contribution in [3.8, 4) is 0 Å². The monoisotopic (exact) mass is 635 g/mol. The fourth-order valence-corrected chi connectivity index (χ4v) is 6.59. The van der Waals surface area contributed by atoms with Gasteiger partial charge in [-0.2, -0.15) is 0 Å². The summed E-state index contributed by atoms with van der Waals surface area (Å²) in [6, 6.07) is 26.6. The molecule has 1 N–H and O–H groups in total. The van der Waals surface area contributed by atoms with Gasteiger partial charge in [0.05, 0.1) is 10.6 Å². The van der Waals surface area contributed by atoms with E-state index >= 15 is 0 Å². The van der Waals surface area contributed by atoms with Gasteiger partial charge < -0.3 is 10.2 Å². The summed E-state index contributed by atoms with van der Waals surface area (Å²) in [5.41, 5.74) is 1.78. The quantitative estimate of drug-likeness (QED) is 0.191. The molecule has 0 aliphatic carbocycles. The highest BCUT2D eigenvalue weighted by molar-refractivity contribution is 7.92. The van der Waals surface area contributed by atoms with Crippen molar-refractivity contribution in [2.45, 2.75) is 44.2 Å². The fraction of sp³-hybridized carbons (Fsp3) is 0.235. The number of hydrogen-bond acceptors (Lipinski definition) is 4. The lowest BCUT2D eigenvalue weighted by Crippen LogP contribution is -2.53. The summed E-state index contributed by atoms with van der Waals surface area (Å²) in [6.07, 6.45) is 0.811. The highest BCUT2D eigenvalue weighted by atomic mass is 35.5. The number of rotatable bonds is 13. The van der Waals surface area contributed by atoms with Gasteiger partial charge in [0.15, 0.2) is 0 Å². The van der Waals surface area contributed by atoms with Crippen molar-refractivity contribution in [1.29, 1.82) is 0 Å². The van der Waals surface area contributed by atoms with E-state index in [1.54, 1.807) is 55.5 Å². The number of carbonyl (C=O) groups excluding carboxylic acids is 2. The number of hydrogen-bond donors (Lipinski definition) is 1. The third-order valence-electron chi connectivity index (χ3n) is 7.16. The molecule has 7 nitrogen and oxygen atoms in total. The summed E-state index contributed by atoms with van der Waals surface area (Å²) >= 11 is 6.19. The normalized spacial score (nSPS) is 11.9. The molecule has 44 heavy (non-hydrogen) atoms. The maximum atomic E-state index is 15.0. The van der Waals surface area contributed by atoms with Crippen LogP contribution in [0, 0.1) is 12.7 Å². The molecule has 0 radical (unpaired) electrons. The molecule has 0 saturated carbocycles. The van der Waals surface area contributed by atoms with Crippen molar-refractivity contribution in [1.82, 2.24) is 10.2 Å². The number of nitrogens with one attached hydrogen (secondary N) is 1. The fourth-order valence-electron chi connectivity index (χ4n) is 4.86. The third-order valence-corrected chi connectivity index (χ3v) is 9.17. The van der Waals surface area contributed by atoms with Gasteiger partial charge in [0.1, 0.15) is 18.4 Å². The Morgan fingerprint density at radius 2 is 1.55 bits per heavy atom. The SMILES string of the molecule is CCCNC(=O)C(Cc1ccccc1)N(Cc1ccccc1F)C(=O)CN(c1ccc(Cl)cc1C)S(=O)(=O)c1ccccc1. The topological polar surface area (TPSA) is 86.8 Å². The second-order valence-corrected chi connectivity index (χ2v) is 12.7. The van der Waals surface area contributed by atoms with Crippen LogP contribution in [0.15, 0.2) is 108 Å². The molecule has 1 unspecified atom stereocenters. The zero-order valence-corrected chi connectivity index (χ0v) is 26.2. The number of sulfonamides is 1. The summed E-state index contributed by atoms with van der Waals surface area (Å²) in [4.78, 5) is 29.3. The largest absolute Gasteiger partial charge is 0.354 e. The number of nitrogens with zero attached hydrogens (tertiary/aromatic N) is 2. The molecule has 0 bridgehead atoms. The molecule has 0 aliphatic heterocycles. The molecule has 4 rings (SSSR count). The number of aryl methyl sites for hydroxylation is 1. The molecule has 4 aromatic rings. The lowest BCUT2D eigenvalue weighted by Gasteiger charge is -2.34. The van der Waals surface area contributed by atoms with E-state index in [1.165, 1.54) is 29.2 Å². The Balaban J connectivity index is 1.82. The maximum Gasteiger partial charge on any atom is 0.264 e. The van der Waals surface area contributed by atoms with Crippen molar-refractivity contribution in [2.75, 3.05) is 17.4 Å². The van der Waals surface area contributed by atoms with E-state index in [1.807, 2.05) is 37.3 Å². The summed E-state index contributed by atoms with van der Waals surface area (Å²) in [6.45, 7) is 3.11. The molecule has 4 aromatic carbocycles. The number of halogens is 2. The van der Waals surface area contributed by atoms with E-state index in [0.29, 0.717) is 23.6 Å². The standard InChI is InChI=1S/C34H35ClFN3O4S/c1-3-20-37-34(41)32(22-26-12-6-4-7-13-26)38(23-27-14-10-11-17-30(27)36)33(40)24-39(31-19-18-28(35)21-25(31)2)44(42,43)29-15-8-5-9-16-29/h4-19,21,32H,3,20,22-24H2,1-2H3,(H,37,41). The lowest BCUT2D eigenvalue weighted by molar-refractivity contribution is -0.140. The van der Waals surface area contributed by atoms with Gasteiger partial charge >= 0.3 is 0 Å². The Kier molecular flexibility index (Phi) is 11.1. The van der Waals surface area contributed by atoms with Crippen LogP contribution in [0.3, 0.4) is 0 Å². The first-order valence-corrected chi connectivity index (χ1v) is 16.1. The molecule has 2 amide bonds. The Bertz CT molecular complexity index is 1690. The zero-order chi connectivity index (χ0) is 31.7. The Morgan fingerprint density at radius 1 is 0.909 bits per heavy atom. The predicted octanol–water partition coefficient (Wildman–Crippen LogP) is 6.15. The molecular formula is C34H35ClFN3O4S. The van der Waals surface area contributed by atoms with Gasteiger partial charge in [-0.05, 0) is 60.9 Å². The van der Waals surface area contributed by atoms with E-state index in [9.17, 15) is 22.4 Å². The summed E-state index contributed by atoms with van der Waals surface area (Å²) < 4.78 is 44.1. The molecule has 0 saturated heterocycles. The Hall–Kier alpha value is -4.21. The van der Waals surface area contributed by atoms with E-state index < -0.39 is 40.2 Å². The minimum absolute atomic E-state index is 0.00988. The minimum Gasteiger partial charge on any atom is -0.354 e. The van der Waals surface area contributed by atoms with Crippen LogP contribution in [-0.2, 0) is 32.6 Å². The van der Waals surface area contributed by atoms with Gasteiger partial charge in [-0.25, -0.2) is 12.8 Å². The second-order valence-electron chi connectivity index (χ2n) is 10.4. The van der Waals surface area contributed by atoms with Gasteiger partial charge in [0.25, 0.3) is 10.0 Å². The van der Waals surface area contributed by atoms with Crippen LogP contribution in [0.5, 0.6) is 0 Å². The first-order valence-electron chi connectivity index (χ1n) is 14.3. The Labute approximate surface area is 263 Å². The number of carbonyl (C=O) groups is 2. The van der Waals surface area contributed by atoms with Crippen LogP contribution in [0.1, 0.15) is 30.0 Å². The Morgan fingerprint density at radius 3 is 2.18 bits per heavy atom. The van der Waals surface area contributed by atoms with Gasteiger partial charge in [0.2, 0.25) is 11.8 Å². The average Bonchev–Trinajstić information content (AvgIpc) is 3.02. The first-order chi connectivity index (χ1) is 21.1. The second kappa shape index (κ2) is 15.0. The number of anilines is 1. The van der Waals surface area contributed by atoms with E-state index in [4.69, 9.17) is 11.6 Å². The van der Waals surface area contributed by atoms with Gasteiger partial charge in [-0.3, -0.25) is 13.9 Å². The highest BCUT2D eigenvalue weighted by Crippen LogP contribution is 2.29. The maximum absolute atomic E-state index is 15.0. The number of benzene rings is 4. The van der Waals surface area contributed by atoms with Crippen LogP contribution in [-0.4, -0.2) is 44.3 Å². The van der Waals surface area contributed by atoms with Gasteiger partial charge in [0, 0.05) is 30.1 Å². The van der Waals surface area contributed by atoms with Crippen molar-refractivity contribution in [3.05, 3.63) is 131 Å². The smallest absolute Gasteiger partial charge is 0.264 e. The molecule has 230 valence electrons. The minimum atomic E-state index is -4.25. The third kappa shape index (κ3) is 8.03. The van der Waals surface area contributed by atoms with Crippen molar-refractivity contribution < 1.29 is 22.4 Å². The van der Waals surface area contributed by atoms with Crippen molar-refractivity contribution in [2.24, 2.45) is 0 Å². The zero-order valence-electron chi connectivity index (χ0n) is 24.6. The molecular weight excluding hydrogens is 601 g/mol. The molecule has 10 heteroatoms. The molecule has 0 aromatic heterocycles. The van der Waals surface area contributed by atoms with Crippen LogP contribution >= 0.6 is 11.6 Å². The molecule has 0 heterocycles. The summed E-state index contributed by atoms with van der Waals surface area (Å²) in [5.74, 6) is -1.63. The number of amides is 2. The predicted molar refractivity (Wildman–Crippen MR) is 171 cm³/mol. The lowest BCUT2D eigenvalue weighted by atomic mass is 10.0. The summed E-state index contributed by atoms with van der Waals surface area (Å²) in [5, 5.41) is 3.28. The van der Waals surface area contributed by atoms with Crippen LogP contribution in [0.2, 0.25) is 5.02 Å². The van der Waals surface area contributed by atoms with Crippen LogP contribution in [0.25, 0.3) is 0 Å². The van der Waals surface area contributed by atoms with E-state index in [0.717, 1.165) is 9.87 Å². The van der Waals surface area contributed by atoms with Gasteiger partial charge in [-0.15, -0.1) is 0 Å². The van der Waals surface area contributed by atoms with Crippen LogP contribution < -0.4 is 9.62 Å². The first kappa shape index (κ1) is 32.7. The molecule has 0 fully saturated rings. The molecule has 1 atom stereocenters. The molecule has 0 spiro atoms. The van der Waals surface area contributed by atoms with E-state index in [2.05, 4.69) is 5.32 Å². The van der Waals surface area contributed by atoms with Crippen LogP contribution in [0.4, 0.5) is 10.1 Å². The molecule has 0 aliphatic rings. The van der Waals surface area contributed by atoms with Crippen molar-refractivity contribution >= 4 is 39.1 Å². The van der Waals surface area contributed by atoms with Gasteiger partial charge in [-0.1, -0.05) is 85.3 Å². The van der Waals surface area contributed by atoms with E-state index in [-0.39, 0.29) is 29.1 Å². The van der Waals surface area contributed by atoms with Crippen molar-refractivity contribution in [3.63, 3.8) is 0 Å². The average molecular weight is 636 g/mol. The summed E-state index contributed by atoms with van der Waals surface area (Å²) in [7, 11) is -4.25. The highest BCUT2D eigenvalue weighted by Gasteiger charge is 2.35.